The molecule has 0 saturated carbocycles. The minimum atomic E-state index is -0.906. The van der Waals surface area contributed by atoms with Gasteiger partial charge in [-0.25, -0.2) is 0 Å². The number of benzene rings is 2. The summed E-state index contributed by atoms with van der Waals surface area (Å²) in [6, 6.07) is 14.2. The molecule has 4 N–H and O–H groups in total. The maximum atomic E-state index is 14.1. The summed E-state index contributed by atoms with van der Waals surface area (Å²) < 4.78 is 5.58. The summed E-state index contributed by atoms with van der Waals surface area (Å²) in [5.41, 5.74) is 2.94. The van der Waals surface area contributed by atoms with Crippen LogP contribution in [-0.2, 0) is 41.6 Å². The maximum absolute atomic E-state index is 14.1. The molecule has 0 saturated heterocycles. The van der Waals surface area contributed by atoms with Crippen LogP contribution in [0, 0.1) is 17.8 Å². The molecule has 3 aromatic rings. The zero-order chi connectivity index (χ0) is 41.8. The Balaban J connectivity index is 1.56. The molecule has 0 unspecified atom stereocenters. The van der Waals surface area contributed by atoms with E-state index in [2.05, 4.69) is 20.9 Å². The van der Waals surface area contributed by atoms with Crippen LogP contribution in [0.15, 0.2) is 84.8 Å². The van der Waals surface area contributed by atoms with E-state index in [4.69, 9.17) is 4.74 Å². The lowest BCUT2D eigenvalue weighted by molar-refractivity contribution is -0.139. The number of likely N-dealkylation sites (N-methyl/N-ethyl adjacent to an activating group) is 1. The number of hydrogen-bond donors (Lipinski definition) is 4. The van der Waals surface area contributed by atoms with Crippen molar-refractivity contribution in [2.75, 3.05) is 21.2 Å². The Morgan fingerprint density at radius 1 is 0.842 bits per heavy atom. The largest absolute Gasteiger partial charge is 0.499 e. The summed E-state index contributed by atoms with van der Waals surface area (Å²) >= 11 is 0. The van der Waals surface area contributed by atoms with E-state index >= 15 is 0 Å². The van der Waals surface area contributed by atoms with E-state index in [1.165, 1.54) is 24.2 Å². The molecule has 1 aromatic heterocycles. The molecule has 4 rings (SSSR count). The molecule has 0 aliphatic carbocycles. The molecule has 5 amide bonds. The Morgan fingerprint density at radius 3 is 2.04 bits per heavy atom. The van der Waals surface area contributed by atoms with Crippen LogP contribution in [0.25, 0.3) is 10.9 Å². The number of aryl methyl sites for hydroxylation is 1. The number of nitrogens with zero attached hydrogens (tertiary/aromatic N) is 2. The molecule has 0 bridgehead atoms. The van der Waals surface area contributed by atoms with Gasteiger partial charge in [0.1, 0.15) is 23.9 Å². The van der Waals surface area contributed by atoms with E-state index in [0.717, 1.165) is 22.0 Å². The standard InChI is InChI=1S/C45H62N6O6/c1-28(2)23-36(48-44(55)37(24-29(3)4)49-45(56)42(30(5)6)50(7)8)43(54)47-33(20-19-31-15-11-10-12-16-31)21-22-40(52)51-38(39(57-9)26-41(51)53)25-32-27-46-35-18-14-13-17-34(32)35/h10-18,21-22,26-30,33,36-38,42,46H,19-20,23-25H2,1-9H3,(H,47,54)(H,48,55)(H,49,56)/b22-21+/t33-,36-,37-,38-,42-/m0/s1. The van der Waals surface area contributed by atoms with Crippen LogP contribution in [0.3, 0.4) is 0 Å². The van der Waals surface area contributed by atoms with E-state index in [9.17, 15) is 24.0 Å². The Bertz CT molecular complexity index is 1890. The number of methoxy groups -OCH3 is 1. The van der Waals surface area contributed by atoms with Gasteiger partial charge in [0.25, 0.3) is 11.8 Å². The number of nitrogens with one attached hydrogen (secondary N) is 4. The number of aromatic nitrogens is 1. The van der Waals surface area contributed by atoms with Gasteiger partial charge in [0.05, 0.1) is 13.2 Å². The normalized spacial score (nSPS) is 16.6. The molecule has 1 aliphatic heterocycles. The molecule has 1 aliphatic rings. The monoisotopic (exact) mass is 782 g/mol. The number of carbonyl (C=O) groups excluding carboxylic acids is 5. The van der Waals surface area contributed by atoms with Crippen LogP contribution in [0.1, 0.15) is 71.9 Å². The highest BCUT2D eigenvalue weighted by Gasteiger charge is 2.38. The fourth-order valence-corrected chi connectivity index (χ4v) is 7.54. The van der Waals surface area contributed by atoms with Gasteiger partial charge < -0.3 is 25.7 Å². The minimum Gasteiger partial charge on any atom is -0.499 e. The van der Waals surface area contributed by atoms with Crippen LogP contribution in [0.2, 0.25) is 0 Å². The number of imide groups is 1. The van der Waals surface area contributed by atoms with Crippen LogP contribution in [-0.4, -0.2) is 95.7 Å². The number of carbonyl (C=O) groups is 5. The van der Waals surface area contributed by atoms with Gasteiger partial charge in [-0.3, -0.25) is 33.8 Å². The first-order valence-corrected chi connectivity index (χ1v) is 20.1. The first-order valence-electron chi connectivity index (χ1n) is 20.1. The van der Waals surface area contributed by atoms with Crippen LogP contribution < -0.4 is 16.0 Å². The summed E-state index contributed by atoms with van der Waals surface area (Å²) in [5, 5.41) is 9.99. The zero-order valence-electron chi connectivity index (χ0n) is 35.0. The lowest BCUT2D eigenvalue weighted by Gasteiger charge is -2.30. The van der Waals surface area contributed by atoms with Gasteiger partial charge in [0.2, 0.25) is 17.7 Å². The molecule has 2 heterocycles. The van der Waals surface area contributed by atoms with Gasteiger partial charge in [-0.05, 0) is 74.7 Å². The first kappa shape index (κ1) is 44.5. The number of amides is 5. The van der Waals surface area contributed by atoms with E-state index in [-0.39, 0.29) is 23.7 Å². The summed E-state index contributed by atoms with van der Waals surface area (Å²) in [5.74, 6) is -1.55. The lowest BCUT2D eigenvalue weighted by Crippen LogP contribution is -2.57. The molecule has 12 nitrogen and oxygen atoms in total. The number of ether oxygens (including phenoxy) is 1. The van der Waals surface area contributed by atoms with Crippen LogP contribution in [0.4, 0.5) is 0 Å². The molecule has 57 heavy (non-hydrogen) atoms. The number of fused-ring (bicyclic) bond motifs is 1. The molecule has 2 aromatic carbocycles. The zero-order valence-corrected chi connectivity index (χ0v) is 35.0. The van der Waals surface area contributed by atoms with E-state index < -0.39 is 53.8 Å². The molecular weight excluding hydrogens is 721 g/mol. The van der Waals surface area contributed by atoms with Crippen LogP contribution in [0.5, 0.6) is 0 Å². The summed E-state index contributed by atoms with van der Waals surface area (Å²) in [6.07, 6.45) is 8.32. The number of rotatable bonds is 20. The number of hydrogen-bond acceptors (Lipinski definition) is 7. The molecule has 0 fully saturated rings. The van der Waals surface area contributed by atoms with Crippen molar-refractivity contribution in [3.8, 4) is 0 Å². The average Bonchev–Trinajstić information content (AvgIpc) is 3.71. The number of para-hydroxylation sites is 1. The Labute approximate surface area is 337 Å². The third-order valence-electron chi connectivity index (χ3n) is 10.2. The maximum Gasteiger partial charge on any atom is 0.257 e. The smallest absolute Gasteiger partial charge is 0.257 e. The molecule has 0 radical (unpaired) electrons. The second-order valence-corrected chi connectivity index (χ2v) is 16.4. The second kappa shape index (κ2) is 20.8. The molecule has 12 heteroatoms. The Morgan fingerprint density at radius 2 is 1.44 bits per heavy atom. The quantitative estimate of drug-likeness (QED) is 0.114. The van der Waals surface area contributed by atoms with Crippen molar-refractivity contribution in [3.05, 3.63) is 95.9 Å². The fourth-order valence-electron chi connectivity index (χ4n) is 7.54. The van der Waals surface area contributed by atoms with Crippen molar-refractivity contribution < 1.29 is 28.7 Å². The summed E-state index contributed by atoms with van der Waals surface area (Å²) in [6.45, 7) is 11.8. The van der Waals surface area contributed by atoms with Gasteiger partial charge in [0.15, 0.2) is 0 Å². The molecule has 308 valence electrons. The van der Waals surface area contributed by atoms with Gasteiger partial charge in [-0.15, -0.1) is 0 Å². The second-order valence-electron chi connectivity index (χ2n) is 16.4. The number of H-pyrrole nitrogens is 1. The molecular formula is C45H62N6O6. The van der Waals surface area contributed by atoms with Gasteiger partial charge >= 0.3 is 0 Å². The minimum absolute atomic E-state index is 0.0160. The van der Waals surface area contributed by atoms with E-state index in [0.29, 0.717) is 37.9 Å². The van der Waals surface area contributed by atoms with E-state index in [1.54, 1.807) is 6.08 Å². The van der Waals surface area contributed by atoms with Crippen molar-refractivity contribution in [2.24, 2.45) is 17.8 Å². The number of aromatic amines is 1. The Kier molecular flexibility index (Phi) is 16.2. The topological polar surface area (TPSA) is 153 Å². The average molecular weight is 783 g/mol. The van der Waals surface area contributed by atoms with Crippen molar-refractivity contribution >= 4 is 40.4 Å². The van der Waals surface area contributed by atoms with Gasteiger partial charge in [0, 0.05) is 41.7 Å². The van der Waals surface area contributed by atoms with Crippen molar-refractivity contribution in [1.29, 1.82) is 0 Å². The highest BCUT2D eigenvalue weighted by molar-refractivity contribution is 6.08. The highest BCUT2D eigenvalue weighted by atomic mass is 16.5. The Hall–Kier alpha value is -5.23. The highest BCUT2D eigenvalue weighted by Crippen LogP contribution is 2.28. The first-order chi connectivity index (χ1) is 27.1. The van der Waals surface area contributed by atoms with E-state index in [1.807, 2.05) is 121 Å². The third-order valence-corrected chi connectivity index (χ3v) is 10.2. The molecule has 5 atom stereocenters. The fraction of sp³-hybridized carbons (Fsp3) is 0.489. The third kappa shape index (κ3) is 12.4. The van der Waals surface area contributed by atoms with Gasteiger partial charge in [-0.1, -0.05) is 96.1 Å². The van der Waals surface area contributed by atoms with Crippen molar-refractivity contribution in [3.63, 3.8) is 0 Å². The van der Waals surface area contributed by atoms with Gasteiger partial charge in [-0.2, -0.15) is 0 Å². The summed E-state index contributed by atoms with van der Waals surface area (Å²) in [7, 11) is 5.15. The van der Waals surface area contributed by atoms with Crippen molar-refractivity contribution in [1.82, 2.24) is 30.7 Å². The van der Waals surface area contributed by atoms with Crippen LogP contribution >= 0.6 is 0 Å². The lowest BCUT2D eigenvalue weighted by atomic mass is 9.98. The predicted molar refractivity (Wildman–Crippen MR) is 224 cm³/mol. The molecule has 0 spiro atoms. The van der Waals surface area contributed by atoms with Crippen molar-refractivity contribution in [2.45, 2.75) is 104 Å². The SMILES string of the molecule is COC1=CC(=O)N(C(=O)/C=C/[C@H](CCc2ccccc2)NC(=O)[C@H](CC(C)C)NC(=O)[C@H](CC(C)C)NC(=O)[C@H](C(C)C)N(C)C)[C@H]1Cc1c[nH]c2ccccc12. The predicted octanol–water partition coefficient (Wildman–Crippen LogP) is 5.30. The summed E-state index contributed by atoms with van der Waals surface area (Å²) in [4.78, 5) is 74.9.